The van der Waals surface area contributed by atoms with E-state index in [1.54, 1.807) is 45.9 Å². The molecule has 0 saturated carbocycles. The van der Waals surface area contributed by atoms with E-state index >= 15 is 0 Å². The fraction of sp³-hybridized carbons (Fsp3) is 0.500. The van der Waals surface area contributed by atoms with Gasteiger partial charge in [-0.2, -0.15) is 13.2 Å². The number of esters is 2. The van der Waals surface area contributed by atoms with E-state index in [0.717, 1.165) is 6.20 Å². The van der Waals surface area contributed by atoms with Gasteiger partial charge in [0.25, 0.3) is 0 Å². The van der Waals surface area contributed by atoms with Crippen LogP contribution in [0.4, 0.5) is 18.9 Å². The van der Waals surface area contributed by atoms with Crippen LogP contribution in [0.3, 0.4) is 0 Å². The number of piperidine rings is 1. The lowest BCUT2D eigenvalue weighted by molar-refractivity contribution is -0.272. The molecule has 1 aromatic heterocycles. The lowest BCUT2D eigenvalue weighted by Gasteiger charge is -2.39. The predicted molar refractivity (Wildman–Crippen MR) is 167 cm³/mol. The summed E-state index contributed by atoms with van der Waals surface area (Å²) in [7, 11) is 1.48. The summed E-state index contributed by atoms with van der Waals surface area (Å²) in [6, 6.07) is 9.25. The molecule has 0 aliphatic carbocycles. The summed E-state index contributed by atoms with van der Waals surface area (Å²) in [5, 5.41) is 11.6. The predicted octanol–water partition coefficient (Wildman–Crippen LogP) is 5.94. The number of benzene rings is 2. The average molecular weight is 660 g/mol. The number of hydrogen-bond acceptors (Lipinski definition) is 8. The van der Waals surface area contributed by atoms with E-state index in [2.05, 4.69) is 4.85 Å². The minimum absolute atomic E-state index is 0.0748. The van der Waals surface area contributed by atoms with Crippen LogP contribution in [0.25, 0.3) is 15.7 Å². The summed E-state index contributed by atoms with van der Waals surface area (Å²) in [6.45, 7) is 13.7. The number of alkyl halides is 3. The van der Waals surface area contributed by atoms with Crippen LogP contribution in [0.1, 0.15) is 51.7 Å². The van der Waals surface area contributed by atoms with Crippen molar-refractivity contribution in [3.63, 3.8) is 0 Å². The van der Waals surface area contributed by atoms with Crippen molar-refractivity contribution >= 4 is 28.5 Å². The summed E-state index contributed by atoms with van der Waals surface area (Å²) in [6.07, 6.45) is -3.41. The number of halogens is 3. The standard InChI is InChI=1S/C34H40F3N3O7/c1-7-45-30(41)17-22-8-11-28(29(16-22)44-6)46-24-12-14-39(15-13-24)21-33(43,34(35,36)37)26-19-40(20-31(42)47-32(2,3)4)27-18-23(38-5)9-10-25(26)27/h8-11,16,18-19,24,43H,7,12-15,17,20-21H2,1-4,6H3. The van der Waals surface area contributed by atoms with E-state index in [4.69, 9.17) is 25.5 Å². The van der Waals surface area contributed by atoms with Gasteiger partial charge in [-0.05, 0) is 64.3 Å². The van der Waals surface area contributed by atoms with Crippen LogP contribution >= 0.6 is 0 Å². The zero-order chi connectivity index (χ0) is 34.6. The molecule has 1 fully saturated rings. The molecule has 0 amide bonds. The molecule has 1 aliphatic rings. The number of aromatic nitrogens is 1. The van der Waals surface area contributed by atoms with E-state index < -0.39 is 42.0 Å². The number of ether oxygens (including phenoxy) is 4. The maximum Gasteiger partial charge on any atom is 0.422 e. The largest absolute Gasteiger partial charge is 0.493 e. The molecule has 1 saturated heterocycles. The van der Waals surface area contributed by atoms with Crippen molar-refractivity contribution in [3.8, 4) is 11.5 Å². The number of rotatable bonds is 11. The second kappa shape index (κ2) is 14.2. The summed E-state index contributed by atoms with van der Waals surface area (Å²) in [5.41, 5.74) is -3.44. The number of methoxy groups -OCH3 is 1. The van der Waals surface area contributed by atoms with Gasteiger partial charge in [0.15, 0.2) is 17.2 Å². The van der Waals surface area contributed by atoms with Crippen molar-refractivity contribution in [3.05, 3.63) is 65.1 Å². The first-order valence-electron chi connectivity index (χ1n) is 15.3. The number of carbonyl (C=O) groups excluding carboxylic acids is 2. The molecule has 0 spiro atoms. The number of nitrogens with zero attached hydrogens (tertiary/aromatic N) is 3. The van der Waals surface area contributed by atoms with E-state index in [9.17, 15) is 27.9 Å². The molecule has 4 rings (SSSR count). The molecule has 1 aliphatic heterocycles. The van der Waals surface area contributed by atoms with E-state index in [1.165, 1.54) is 34.8 Å². The van der Waals surface area contributed by atoms with Crippen LogP contribution in [-0.2, 0) is 37.6 Å². The Kier molecular flexibility index (Phi) is 10.8. The maximum atomic E-state index is 14.8. The molecular weight excluding hydrogens is 619 g/mol. The molecule has 10 nitrogen and oxygen atoms in total. The molecule has 2 aromatic carbocycles. The van der Waals surface area contributed by atoms with Crippen molar-refractivity contribution in [1.82, 2.24) is 9.47 Å². The zero-order valence-electron chi connectivity index (χ0n) is 27.1. The fourth-order valence-electron chi connectivity index (χ4n) is 5.64. The van der Waals surface area contributed by atoms with Crippen LogP contribution in [0, 0.1) is 6.57 Å². The Morgan fingerprint density at radius 3 is 2.34 bits per heavy atom. The van der Waals surface area contributed by atoms with Crippen LogP contribution in [0.2, 0.25) is 0 Å². The molecule has 0 bridgehead atoms. The molecule has 47 heavy (non-hydrogen) atoms. The summed E-state index contributed by atoms with van der Waals surface area (Å²) in [4.78, 5) is 29.4. The second-order valence-electron chi connectivity index (χ2n) is 12.5. The molecule has 254 valence electrons. The van der Waals surface area contributed by atoms with Crippen LogP contribution in [0.5, 0.6) is 11.5 Å². The highest BCUT2D eigenvalue weighted by Crippen LogP contribution is 2.44. The second-order valence-corrected chi connectivity index (χ2v) is 12.5. The molecule has 0 radical (unpaired) electrons. The SMILES string of the molecule is [C-]#[N+]c1ccc2c(C(O)(CN3CCC(Oc4ccc(CC(=O)OCC)cc4OC)CC3)C(F)(F)F)cn(CC(=O)OC(C)(C)C)c2c1. The van der Waals surface area contributed by atoms with Crippen LogP contribution < -0.4 is 9.47 Å². The van der Waals surface area contributed by atoms with Crippen molar-refractivity contribution in [2.75, 3.05) is 33.4 Å². The van der Waals surface area contributed by atoms with Gasteiger partial charge in [0.2, 0.25) is 5.60 Å². The molecular formula is C34H40F3N3O7. The first kappa shape index (κ1) is 35.6. The molecule has 1 N–H and O–H groups in total. The number of aliphatic hydroxyl groups is 1. The first-order chi connectivity index (χ1) is 22.1. The van der Waals surface area contributed by atoms with E-state index in [-0.39, 0.29) is 54.8 Å². The van der Waals surface area contributed by atoms with Crippen LogP contribution in [-0.4, -0.2) is 77.7 Å². The number of carbonyl (C=O) groups is 2. The molecule has 1 unspecified atom stereocenters. The number of likely N-dealkylation sites (tertiary alicyclic amines) is 1. The van der Waals surface area contributed by atoms with Gasteiger partial charge in [0.05, 0.1) is 26.7 Å². The van der Waals surface area contributed by atoms with Gasteiger partial charge in [-0.25, -0.2) is 4.85 Å². The molecule has 2 heterocycles. The van der Waals surface area contributed by atoms with Gasteiger partial charge >= 0.3 is 18.1 Å². The minimum Gasteiger partial charge on any atom is -0.493 e. The molecule has 13 heteroatoms. The third kappa shape index (κ3) is 8.55. The highest BCUT2D eigenvalue weighted by Gasteiger charge is 2.57. The lowest BCUT2D eigenvalue weighted by Crippen LogP contribution is -2.53. The topological polar surface area (TPSA) is 104 Å². The normalized spacial score (nSPS) is 15.9. The molecule has 1 atom stereocenters. The Bertz CT molecular complexity index is 1630. The first-order valence-corrected chi connectivity index (χ1v) is 15.3. The third-order valence-corrected chi connectivity index (χ3v) is 7.79. The molecule has 3 aromatic rings. The number of hydrogen-bond donors (Lipinski definition) is 1. The Morgan fingerprint density at radius 1 is 1.04 bits per heavy atom. The highest BCUT2D eigenvalue weighted by molar-refractivity contribution is 5.89. The summed E-state index contributed by atoms with van der Waals surface area (Å²) < 4.78 is 67.7. The Labute approximate surface area is 271 Å². The van der Waals surface area contributed by atoms with Crippen molar-refractivity contribution in [2.45, 2.75) is 77.0 Å². The lowest BCUT2D eigenvalue weighted by atomic mass is 9.91. The number of β-amino-alcohol motifs (C(OH)–C–C–N with tert-alkyl or cyclic N) is 1. The van der Waals surface area contributed by atoms with Crippen molar-refractivity contribution in [2.24, 2.45) is 0 Å². The van der Waals surface area contributed by atoms with E-state index in [1.807, 2.05) is 0 Å². The zero-order valence-corrected chi connectivity index (χ0v) is 27.1. The van der Waals surface area contributed by atoms with Gasteiger partial charge in [-0.1, -0.05) is 18.2 Å². The van der Waals surface area contributed by atoms with Crippen molar-refractivity contribution < 1.29 is 46.8 Å². The van der Waals surface area contributed by atoms with Crippen molar-refractivity contribution in [1.29, 1.82) is 0 Å². The van der Waals surface area contributed by atoms with Gasteiger partial charge in [0.1, 0.15) is 18.2 Å². The summed E-state index contributed by atoms with van der Waals surface area (Å²) in [5.74, 6) is -0.168. The van der Waals surface area contributed by atoms with Gasteiger partial charge in [0, 0.05) is 42.3 Å². The van der Waals surface area contributed by atoms with Gasteiger partial charge < -0.3 is 28.6 Å². The number of fused-ring (bicyclic) bond motifs is 1. The monoisotopic (exact) mass is 659 g/mol. The quantitative estimate of drug-likeness (QED) is 0.199. The smallest absolute Gasteiger partial charge is 0.422 e. The average Bonchev–Trinajstić information content (AvgIpc) is 3.35. The Morgan fingerprint density at radius 2 is 1.74 bits per heavy atom. The Balaban J connectivity index is 1.53. The fourth-order valence-corrected chi connectivity index (χ4v) is 5.64. The summed E-state index contributed by atoms with van der Waals surface area (Å²) >= 11 is 0. The van der Waals surface area contributed by atoms with Gasteiger partial charge in [-0.3, -0.25) is 14.5 Å². The van der Waals surface area contributed by atoms with Gasteiger partial charge in [-0.15, -0.1) is 0 Å². The minimum atomic E-state index is -5.07. The van der Waals surface area contributed by atoms with E-state index in [0.29, 0.717) is 29.9 Å². The maximum absolute atomic E-state index is 14.8. The van der Waals surface area contributed by atoms with Crippen LogP contribution in [0.15, 0.2) is 42.6 Å². The highest BCUT2D eigenvalue weighted by atomic mass is 19.4. The third-order valence-electron chi connectivity index (χ3n) is 7.79. The Hall–Kier alpha value is -4.28.